The van der Waals surface area contributed by atoms with Crippen molar-refractivity contribution in [2.24, 2.45) is 0 Å². The number of nitrogens with zero attached hydrogens (tertiary/aromatic N) is 1. The van der Waals surface area contributed by atoms with E-state index in [0.29, 0.717) is 25.1 Å². The fourth-order valence-corrected chi connectivity index (χ4v) is 2.85. The van der Waals surface area contributed by atoms with Crippen molar-refractivity contribution in [2.75, 3.05) is 11.4 Å². The summed E-state index contributed by atoms with van der Waals surface area (Å²) in [5.41, 5.74) is 2.44. The normalized spacial score (nSPS) is 17.9. The molecule has 0 spiro atoms. The predicted molar refractivity (Wildman–Crippen MR) is 78.5 cm³/mol. The quantitative estimate of drug-likeness (QED) is 0.906. The molecular formula is C16H15ClFNO. The molecule has 0 fully saturated rings. The molecule has 0 amide bonds. The van der Waals surface area contributed by atoms with Crippen molar-refractivity contribution in [1.82, 2.24) is 0 Å². The summed E-state index contributed by atoms with van der Waals surface area (Å²) in [5, 5.41) is 10.2. The van der Waals surface area contributed by atoms with E-state index in [-0.39, 0.29) is 10.8 Å². The Morgan fingerprint density at radius 2 is 2.00 bits per heavy atom. The van der Waals surface area contributed by atoms with E-state index >= 15 is 0 Å². The van der Waals surface area contributed by atoms with Crippen molar-refractivity contribution in [3.8, 4) is 0 Å². The van der Waals surface area contributed by atoms with E-state index in [1.165, 1.54) is 0 Å². The van der Waals surface area contributed by atoms with Crippen LogP contribution < -0.4 is 4.90 Å². The molecule has 1 aliphatic rings. The fourth-order valence-electron chi connectivity index (χ4n) is 2.65. The molecule has 0 aliphatic carbocycles. The number of benzene rings is 2. The Morgan fingerprint density at radius 1 is 1.20 bits per heavy atom. The Balaban J connectivity index is 1.93. The summed E-state index contributed by atoms with van der Waals surface area (Å²) in [6.45, 7) is 1.15. The first-order valence-corrected chi connectivity index (χ1v) is 6.99. The lowest BCUT2D eigenvalue weighted by molar-refractivity contribution is 0.164. The van der Waals surface area contributed by atoms with Crippen molar-refractivity contribution in [3.63, 3.8) is 0 Å². The van der Waals surface area contributed by atoms with E-state index in [9.17, 15) is 9.50 Å². The van der Waals surface area contributed by atoms with Crippen LogP contribution in [-0.2, 0) is 6.54 Å². The summed E-state index contributed by atoms with van der Waals surface area (Å²) in [6.07, 6.45) is 0.214. The second-order valence-electron chi connectivity index (χ2n) is 5.00. The van der Waals surface area contributed by atoms with Gasteiger partial charge in [0, 0.05) is 29.9 Å². The van der Waals surface area contributed by atoms with E-state index in [4.69, 9.17) is 11.6 Å². The van der Waals surface area contributed by atoms with Crippen LogP contribution in [0, 0.1) is 5.82 Å². The second kappa shape index (κ2) is 5.43. The van der Waals surface area contributed by atoms with E-state index < -0.39 is 6.10 Å². The minimum absolute atomic E-state index is 0.146. The fraction of sp³-hybridized carbons (Fsp3) is 0.250. The van der Waals surface area contributed by atoms with Crippen LogP contribution in [0.2, 0.25) is 5.02 Å². The average molecular weight is 292 g/mol. The molecule has 2 nitrogen and oxygen atoms in total. The Labute approximate surface area is 122 Å². The van der Waals surface area contributed by atoms with Crippen molar-refractivity contribution >= 4 is 17.3 Å². The monoisotopic (exact) mass is 291 g/mol. The van der Waals surface area contributed by atoms with Crippen molar-refractivity contribution in [1.29, 1.82) is 0 Å². The molecule has 1 N–H and O–H groups in total. The third-order valence-corrected chi connectivity index (χ3v) is 3.99. The molecule has 2 aromatic carbocycles. The molecule has 3 rings (SSSR count). The van der Waals surface area contributed by atoms with Crippen LogP contribution in [0.1, 0.15) is 23.7 Å². The summed E-state index contributed by atoms with van der Waals surface area (Å²) in [4.78, 5) is 2.08. The maximum atomic E-state index is 14.0. The van der Waals surface area contributed by atoms with E-state index in [2.05, 4.69) is 4.90 Å². The highest BCUT2D eigenvalue weighted by Crippen LogP contribution is 2.34. The highest BCUT2D eigenvalue weighted by molar-refractivity contribution is 6.30. The molecule has 104 valence electrons. The summed E-state index contributed by atoms with van der Waals surface area (Å²) in [6, 6.07) is 12.8. The third kappa shape index (κ3) is 2.39. The van der Waals surface area contributed by atoms with Crippen LogP contribution in [0.5, 0.6) is 0 Å². The summed E-state index contributed by atoms with van der Waals surface area (Å²) in [5.74, 6) is -0.363. The molecule has 0 bridgehead atoms. The minimum atomic E-state index is -0.438. The topological polar surface area (TPSA) is 23.5 Å². The van der Waals surface area contributed by atoms with Crippen molar-refractivity contribution in [3.05, 3.63) is 64.4 Å². The molecule has 0 saturated heterocycles. The van der Waals surface area contributed by atoms with Gasteiger partial charge in [0.1, 0.15) is 5.82 Å². The molecule has 1 aliphatic heterocycles. The number of aliphatic hydroxyl groups excluding tert-OH is 1. The lowest BCUT2D eigenvalue weighted by Gasteiger charge is -2.34. The Kier molecular flexibility index (Phi) is 3.64. The highest BCUT2D eigenvalue weighted by Gasteiger charge is 2.23. The van der Waals surface area contributed by atoms with Gasteiger partial charge in [-0.25, -0.2) is 4.39 Å². The zero-order valence-electron chi connectivity index (χ0n) is 10.9. The molecule has 1 heterocycles. The molecule has 2 aromatic rings. The first kappa shape index (κ1) is 13.4. The van der Waals surface area contributed by atoms with Crippen LogP contribution >= 0.6 is 11.6 Å². The molecule has 1 unspecified atom stereocenters. The molecule has 20 heavy (non-hydrogen) atoms. The number of rotatable bonds is 2. The zero-order valence-corrected chi connectivity index (χ0v) is 11.6. The highest BCUT2D eigenvalue weighted by atomic mass is 35.5. The molecule has 4 heteroatoms. The third-order valence-electron chi connectivity index (χ3n) is 3.70. The SMILES string of the molecule is OC1CCN(Cc2cccc(Cl)c2F)c2ccccc21. The van der Waals surface area contributed by atoms with Gasteiger partial charge in [-0.2, -0.15) is 0 Å². The van der Waals surface area contributed by atoms with Gasteiger partial charge in [0.15, 0.2) is 0 Å². The zero-order chi connectivity index (χ0) is 14.1. The van der Waals surface area contributed by atoms with Crippen LogP contribution in [0.4, 0.5) is 10.1 Å². The number of halogens is 2. The van der Waals surface area contributed by atoms with Gasteiger partial charge >= 0.3 is 0 Å². The van der Waals surface area contributed by atoms with Gasteiger partial charge < -0.3 is 10.0 Å². The molecule has 0 saturated carbocycles. The van der Waals surface area contributed by atoms with Gasteiger partial charge in [-0.15, -0.1) is 0 Å². The standard InChI is InChI=1S/C16H15ClFNO/c17-13-6-3-4-11(16(13)18)10-19-9-8-15(20)12-5-1-2-7-14(12)19/h1-7,15,20H,8-10H2. The van der Waals surface area contributed by atoms with Gasteiger partial charge in [-0.05, 0) is 18.6 Å². The van der Waals surface area contributed by atoms with E-state index in [1.807, 2.05) is 24.3 Å². The number of hydrogen-bond acceptors (Lipinski definition) is 2. The average Bonchev–Trinajstić information content (AvgIpc) is 2.47. The number of aliphatic hydroxyl groups is 1. The van der Waals surface area contributed by atoms with Crippen LogP contribution in [0.25, 0.3) is 0 Å². The van der Waals surface area contributed by atoms with Gasteiger partial charge in [-0.1, -0.05) is 41.9 Å². The first-order valence-electron chi connectivity index (χ1n) is 6.61. The maximum absolute atomic E-state index is 14.0. The van der Waals surface area contributed by atoms with Crippen molar-refractivity contribution in [2.45, 2.75) is 19.1 Å². The summed E-state index contributed by atoms with van der Waals surface area (Å²) < 4.78 is 14.0. The van der Waals surface area contributed by atoms with Gasteiger partial charge in [0.25, 0.3) is 0 Å². The van der Waals surface area contributed by atoms with Gasteiger partial charge in [0.05, 0.1) is 11.1 Å². The maximum Gasteiger partial charge on any atom is 0.146 e. The van der Waals surface area contributed by atoms with E-state index in [1.54, 1.807) is 18.2 Å². The van der Waals surface area contributed by atoms with E-state index in [0.717, 1.165) is 11.3 Å². The Hall–Kier alpha value is -1.58. The predicted octanol–water partition coefficient (Wildman–Crippen LogP) is 3.92. The molecule has 1 atom stereocenters. The lowest BCUT2D eigenvalue weighted by Crippen LogP contribution is -2.31. The second-order valence-corrected chi connectivity index (χ2v) is 5.40. The van der Waals surface area contributed by atoms with Crippen LogP contribution in [0.3, 0.4) is 0 Å². The number of fused-ring (bicyclic) bond motifs is 1. The van der Waals surface area contributed by atoms with Crippen LogP contribution in [0.15, 0.2) is 42.5 Å². The van der Waals surface area contributed by atoms with Crippen LogP contribution in [-0.4, -0.2) is 11.7 Å². The molecule has 0 aromatic heterocycles. The smallest absolute Gasteiger partial charge is 0.146 e. The minimum Gasteiger partial charge on any atom is -0.388 e. The molecular weight excluding hydrogens is 277 g/mol. The molecule has 0 radical (unpaired) electrons. The largest absolute Gasteiger partial charge is 0.388 e. The summed E-state index contributed by atoms with van der Waals surface area (Å²) in [7, 11) is 0. The van der Waals surface area contributed by atoms with Gasteiger partial charge in [-0.3, -0.25) is 0 Å². The Bertz CT molecular complexity index is 632. The Morgan fingerprint density at radius 3 is 2.85 bits per heavy atom. The lowest BCUT2D eigenvalue weighted by atomic mass is 9.98. The first-order chi connectivity index (χ1) is 9.66. The van der Waals surface area contributed by atoms with Gasteiger partial charge in [0.2, 0.25) is 0 Å². The van der Waals surface area contributed by atoms with Crippen molar-refractivity contribution < 1.29 is 9.50 Å². The number of para-hydroxylation sites is 1. The number of hydrogen-bond donors (Lipinski definition) is 1. The summed E-state index contributed by atoms with van der Waals surface area (Å²) >= 11 is 5.82. The number of anilines is 1.